The molecular weight excluding hydrogens is 202 g/mol. The fourth-order valence-electron chi connectivity index (χ4n) is 2.21. The highest BCUT2D eigenvalue weighted by atomic mass is 16.5. The third-order valence-corrected chi connectivity index (χ3v) is 3.13. The van der Waals surface area contributed by atoms with E-state index in [2.05, 4.69) is 16.2 Å². The molecule has 0 amide bonds. The molecule has 1 fully saturated rings. The Balaban J connectivity index is 1.88. The van der Waals surface area contributed by atoms with Gasteiger partial charge < -0.3 is 4.52 Å². The van der Waals surface area contributed by atoms with Crippen LogP contribution < -0.4 is 0 Å². The van der Waals surface area contributed by atoms with Crippen LogP contribution in [-0.4, -0.2) is 10.1 Å². The van der Waals surface area contributed by atoms with Crippen molar-refractivity contribution in [3.63, 3.8) is 0 Å². The third-order valence-electron chi connectivity index (χ3n) is 3.13. The summed E-state index contributed by atoms with van der Waals surface area (Å²) in [5, 5.41) is 12.5. The molecule has 0 atom stereocenters. The molecule has 1 aliphatic rings. The Morgan fingerprint density at radius 1 is 1.31 bits per heavy atom. The minimum absolute atomic E-state index is 0.502. The molecular formula is C12H17N3O. The van der Waals surface area contributed by atoms with E-state index in [1.165, 1.54) is 32.1 Å². The lowest BCUT2D eigenvalue weighted by Crippen LogP contribution is -2.06. The lowest BCUT2D eigenvalue weighted by molar-refractivity contribution is 0.356. The van der Waals surface area contributed by atoms with E-state index in [-0.39, 0.29) is 0 Å². The normalized spacial score (nSPS) is 17.2. The van der Waals surface area contributed by atoms with Gasteiger partial charge in [-0.25, -0.2) is 0 Å². The molecule has 0 aliphatic heterocycles. The fraction of sp³-hybridized carbons (Fsp3) is 0.750. The maximum Gasteiger partial charge on any atom is 0.226 e. The van der Waals surface area contributed by atoms with Crippen LogP contribution in [0.25, 0.3) is 0 Å². The van der Waals surface area contributed by atoms with E-state index < -0.39 is 0 Å². The molecule has 0 aromatic carbocycles. The molecule has 86 valence electrons. The van der Waals surface area contributed by atoms with Crippen molar-refractivity contribution in [1.29, 1.82) is 5.26 Å². The summed E-state index contributed by atoms with van der Waals surface area (Å²) < 4.78 is 5.19. The zero-order chi connectivity index (χ0) is 11.2. The topological polar surface area (TPSA) is 62.7 Å². The Morgan fingerprint density at radius 2 is 2.12 bits per heavy atom. The zero-order valence-electron chi connectivity index (χ0n) is 9.48. The van der Waals surface area contributed by atoms with E-state index in [4.69, 9.17) is 9.78 Å². The first-order valence-corrected chi connectivity index (χ1v) is 6.09. The fourth-order valence-corrected chi connectivity index (χ4v) is 2.21. The summed E-state index contributed by atoms with van der Waals surface area (Å²) in [5.74, 6) is 2.07. The van der Waals surface area contributed by atoms with Crippen molar-refractivity contribution >= 4 is 0 Å². The molecule has 0 radical (unpaired) electrons. The summed E-state index contributed by atoms with van der Waals surface area (Å²) in [4.78, 5) is 4.42. The molecule has 0 spiro atoms. The van der Waals surface area contributed by atoms with E-state index in [0.717, 1.165) is 18.7 Å². The maximum absolute atomic E-state index is 8.44. The smallest absolute Gasteiger partial charge is 0.226 e. The lowest BCUT2D eigenvalue weighted by atomic mass is 9.89. The van der Waals surface area contributed by atoms with Crippen LogP contribution in [0.5, 0.6) is 0 Å². The molecule has 0 N–H and O–H groups in total. The van der Waals surface area contributed by atoms with E-state index in [1.54, 1.807) is 0 Å². The van der Waals surface area contributed by atoms with Gasteiger partial charge in [-0.2, -0.15) is 10.2 Å². The van der Waals surface area contributed by atoms with Crippen LogP contribution in [0.2, 0.25) is 0 Å². The lowest BCUT2D eigenvalue weighted by Gasteiger charge is -2.17. The second-order valence-electron chi connectivity index (χ2n) is 4.39. The summed E-state index contributed by atoms with van der Waals surface area (Å²) in [6.07, 6.45) is 8.38. The zero-order valence-corrected chi connectivity index (χ0v) is 9.48. The van der Waals surface area contributed by atoms with Crippen LogP contribution in [0.1, 0.15) is 62.6 Å². The van der Waals surface area contributed by atoms with Crippen molar-refractivity contribution in [3.05, 3.63) is 11.7 Å². The minimum Gasteiger partial charge on any atom is -0.339 e. The molecule has 1 aromatic heterocycles. The Labute approximate surface area is 95.7 Å². The van der Waals surface area contributed by atoms with E-state index >= 15 is 0 Å². The third kappa shape index (κ3) is 2.82. The molecule has 1 aromatic rings. The molecule has 0 unspecified atom stereocenters. The molecule has 16 heavy (non-hydrogen) atoms. The predicted octanol–water partition coefficient (Wildman–Crippen LogP) is 2.96. The Kier molecular flexibility index (Phi) is 3.92. The van der Waals surface area contributed by atoms with Gasteiger partial charge in [-0.1, -0.05) is 24.4 Å². The van der Waals surface area contributed by atoms with Gasteiger partial charge in [0.2, 0.25) is 5.89 Å². The number of nitrogens with zero attached hydrogens (tertiary/aromatic N) is 3. The Bertz CT molecular complexity index is 361. The van der Waals surface area contributed by atoms with Crippen molar-refractivity contribution in [1.82, 2.24) is 10.1 Å². The summed E-state index contributed by atoms with van der Waals surface area (Å²) in [7, 11) is 0. The van der Waals surface area contributed by atoms with Crippen molar-refractivity contribution < 1.29 is 4.52 Å². The van der Waals surface area contributed by atoms with Crippen molar-refractivity contribution in [2.75, 3.05) is 0 Å². The van der Waals surface area contributed by atoms with E-state index in [1.807, 2.05) is 0 Å². The van der Waals surface area contributed by atoms with Crippen LogP contribution in [0, 0.1) is 11.3 Å². The molecule has 1 aliphatic carbocycles. The molecule has 0 bridgehead atoms. The summed E-state index contributed by atoms with van der Waals surface area (Å²) in [6.45, 7) is 0. The first-order valence-electron chi connectivity index (χ1n) is 6.09. The standard InChI is InChI=1S/C12H17N3O/c13-9-5-4-8-11-14-12(15-16-11)10-6-2-1-3-7-10/h10H,1-8H2. The van der Waals surface area contributed by atoms with Crippen molar-refractivity contribution in [2.45, 2.75) is 57.3 Å². The van der Waals surface area contributed by atoms with Crippen LogP contribution in [0.15, 0.2) is 4.52 Å². The van der Waals surface area contributed by atoms with Crippen LogP contribution >= 0.6 is 0 Å². The summed E-state index contributed by atoms with van der Waals surface area (Å²) in [5.41, 5.74) is 0. The number of hydrogen-bond donors (Lipinski definition) is 0. The van der Waals surface area contributed by atoms with Gasteiger partial charge in [0, 0.05) is 18.8 Å². The highest BCUT2D eigenvalue weighted by Gasteiger charge is 2.20. The number of unbranched alkanes of at least 4 members (excludes halogenated alkanes) is 1. The van der Waals surface area contributed by atoms with Crippen LogP contribution in [0.3, 0.4) is 0 Å². The largest absolute Gasteiger partial charge is 0.339 e. The van der Waals surface area contributed by atoms with E-state index in [0.29, 0.717) is 18.2 Å². The van der Waals surface area contributed by atoms with Crippen molar-refractivity contribution in [3.8, 4) is 6.07 Å². The molecule has 1 heterocycles. The average Bonchev–Trinajstić information content (AvgIpc) is 2.79. The second kappa shape index (κ2) is 5.64. The second-order valence-corrected chi connectivity index (χ2v) is 4.39. The van der Waals surface area contributed by atoms with Gasteiger partial charge in [0.15, 0.2) is 5.82 Å². The van der Waals surface area contributed by atoms with Crippen molar-refractivity contribution in [2.24, 2.45) is 0 Å². The van der Waals surface area contributed by atoms with Gasteiger partial charge in [-0.15, -0.1) is 0 Å². The number of rotatable bonds is 4. The van der Waals surface area contributed by atoms with Gasteiger partial charge in [-0.05, 0) is 19.3 Å². The highest BCUT2D eigenvalue weighted by molar-refractivity contribution is 4.97. The molecule has 4 heteroatoms. The van der Waals surface area contributed by atoms with Crippen LogP contribution in [0.4, 0.5) is 0 Å². The maximum atomic E-state index is 8.44. The summed E-state index contributed by atoms with van der Waals surface area (Å²) >= 11 is 0. The van der Waals surface area contributed by atoms with Gasteiger partial charge in [0.05, 0.1) is 6.07 Å². The first kappa shape index (κ1) is 11.1. The number of aryl methyl sites for hydroxylation is 1. The quantitative estimate of drug-likeness (QED) is 0.730. The average molecular weight is 219 g/mol. The number of hydrogen-bond acceptors (Lipinski definition) is 4. The Hall–Kier alpha value is -1.37. The van der Waals surface area contributed by atoms with Gasteiger partial charge in [0.25, 0.3) is 0 Å². The molecule has 0 saturated heterocycles. The monoisotopic (exact) mass is 219 g/mol. The SMILES string of the molecule is N#CCCCc1nc(C2CCCCC2)no1. The molecule has 2 rings (SSSR count). The van der Waals surface area contributed by atoms with Crippen LogP contribution in [-0.2, 0) is 6.42 Å². The van der Waals surface area contributed by atoms with Gasteiger partial charge >= 0.3 is 0 Å². The predicted molar refractivity (Wildman–Crippen MR) is 58.7 cm³/mol. The first-order chi connectivity index (χ1) is 7.90. The highest BCUT2D eigenvalue weighted by Crippen LogP contribution is 2.30. The molecule has 1 saturated carbocycles. The Morgan fingerprint density at radius 3 is 2.88 bits per heavy atom. The minimum atomic E-state index is 0.502. The summed E-state index contributed by atoms with van der Waals surface area (Å²) in [6, 6.07) is 2.12. The van der Waals surface area contributed by atoms with Gasteiger partial charge in [0.1, 0.15) is 0 Å². The van der Waals surface area contributed by atoms with Gasteiger partial charge in [-0.3, -0.25) is 0 Å². The number of nitriles is 1. The number of aromatic nitrogens is 2. The van der Waals surface area contributed by atoms with E-state index in [9.17, 15) is 0 Å². The molecule has 4 nitrogen and oxygen atoms in total.